The molecule has 0 fully saturated rings. The van der Waals surface area contributed by atoms with Crippen molar-refractivity contribution in [3.63, 3.8) is 0 Å². The Morgan fingerprint density at radius 3 is 2.44 bits per heavy atom. The number of carbonyl (C=O) groups excluding carboxylic acids is 2. The summed E-state index contributed by atoms with van der Waals surface area (Å²) < 4.78 is 18.3. The molecule has 0 unspecified atom stereocenters. The highest BCUT2D eigenvalue weighted by atomic mass is 35.5. The minimum Gasteiger partial charge on any atom is -0.481 e. The molecule has 5 nitrogen and oxygen atoms in total. The van der Waals surface area contributed by atoms with Crippen molar-refractivity contribution in [3.8, 4) is 5.75 Å². The summed E-state index contributed by atoms with van der Waals surface area (Å²) >= 11 is 7.30. The number of rotatable bonds is 7. The van der Waals surface area contributed by atoms with E-state index >= 15 is 0 Å². The number of ether oxygens (including phenoxy) is 1. The van der Waals surface area contributed by atoms with E-state index in [1.807, 2.05) is 12.1 Å². The first-order valence-corrected chi connectivity index (χ1v) is 8.74. The van der Waals surface area contributed by atoms with E-state index in [1.54, 1.807) is 18.2 Å². The van der Waals surface area contributed by atoms with Gasteiger partial charge in [0.25, 0.3) is 5.91 Å². The average Bonchev–Trinajstić information content (AvgIpc) is 2.61. The maximum Gasteiger partial charge on any atom is 0.276 e. The maximum atomic E-state index is 13.3. The predicted molar refractivity (Wildman–Crippen MR) is 95.0 cm³/mol. The molecule has 132 valence electrons. The molecule has 2 aromatic rings. The van der Waals surface area contributed by atoms with Gasteiger partial charge >= 0.3 is 0 Å². The molecule has 2 amide bonds. The number of carbonyl (C=O) groups is 2. The molecule has 0 heterocycles. The summed E-state index contributed by atoms with van der Waals surface area (Å²) in [7, 11) is 0. The smallest absolute Gasteiger partial charge is 0.276 e. The maximum absolute atomic E-state index is 13.3. The van der Waals surface area contributed by atoms with Gasteiger partial charge in [-0.1, -0.05) is 23.7 Å². The van der Waals surface area contributed by atoms with Gasteiger partial charge in [0.2, 0.25) is 5.91 Å². The van der Waals surface area contributed by atoms with Crippen molar-refractivity contribution in [2.24, 2.45) is 0 Å². The normalized spacial score (nSPS) is 10.2. The molecule has 0 saturated carbocycles. The van der Waals surface area contributed by atoms with E-state index in [2.05, 4.69) is 10.9 Å². The summed E-state index contributed by atoms with van der Waals surface area (Å²) in [5.74, 6) is -0.945. The van der Waals surface area contributed by atoms with Crippen LogP contribution < -0.4 is 15.6 Å². The third-order valence-corrected chi connectivity index (χ3v) is 4.21. The Morgan fingerprint density at radius 2 is 1.72 bits per heavy atom. The standard InChI is InChI=1S/C17H16ClFN2O3S/c18-12-5-7-13(8-6-12)25-10-9-16(22)20-21-17(23)11-24-15-4-2-1-3-14(15)19/h1-8H,9-11H2,(H,20,22)(H,21,23). The molecule has 25 heavy (non-hydrogen) atoms. The lowest BCUT2D eigenvalue weighted by atomic mass is 10.3. The highest BCUT2D eigenvalue weighted by molar-refractivity contribution is 7.99. The Morgan fingerprint density at radius 1 is 1.04 bits per heavy atom. The first-order valence-electron chi connectivity index (χ1n) is 7.38. The van der Waals surface area contributed by atoms with Gasteiger partial charge in [0.05, 0.1) is 0 Å². The number of hydrogen-bond acceptors (Lipinski definition) is 4. The molecule has 0 bridgehead atoms. The fraction of sp³-hybridized carbons (Fsp3) is 0.176. The Balaban J connectivity index is 1.61. The van der Waals surface area contributed by atoms with Crippen LogP contribution in [0.4, 0.5) is 4.39 Å². The highest BCUT2D eigenvalue weighted by Crippen LogP contribution is 2.20. The van der Waals surface area contributed by atoms with E-state index in [9.17, 15) is 14.0 Å². The fourth-order valence-corrected chi connectivity index (χ4v) is 2.71. The molecular weight excluding hydrogens is 367 g/mol. The molecule has 8 heteroatoms. The third kappa shape index (κ3) is 7.03. The molecule has 0 aliphatic rings. The molecular formula is C17H16ClFN2O3S. The number of hydrogen-bond donors (Lipinski definition) is 2. The van der Waals surface area contributed by atoms with Crippen LogP contribution in [0.2, 0.25) is 5.02 Å². The van der Waals surface area contributed by atoms with Gasteiger partial charge in [-0.25, -0.2) is 4.39 Å². The molecule has 0 aromatic heterocycles. The van der Waals surface area contributed by atoms with Gasteiger partial charge in [-0.05, 0) is 36.4 Å². The number of halogens is 2. The van der Waals surface area contributed by atoms with Crippen LogP contribution in [-0.2, 0) is 9.59 Å². The highest BCUT2D eigenvalue weighted by Gasteiger charge is 2.08. The summed E-state index contributed by atoms with van der Waals surface area (Å²) in [5.41, 5.74) is 4.50. The second kappa shape index (κ2) is 9.90. The second-order valence-electron chi connectivity index (χ2n) is 4.87. The van der Waals surface area contributed by atoms with E-state index in [0.717, 1.165) is 4.90 Å². The van der Waals surface area contributed by atoms with Crippen molar-refractivity contribution in [2.45, 2.75) is 11.3 Å². The van der Waals surface area contributed by atoms with Crippen LogP contribution in [0, 0.1) is 5.82 Å². The predicted octanol–water partition coefficient (Wildman–Crippen LogP) is 3.19. The number of para-hydroxylation sites is 1. The summed E-state index contributed by atoms with van der Waals surface area (Å²) in [4.78, 5) is 24.2. The zero-order valence-electron chi connectivity index (χ0n) is 13.1. The van der Waals surface area contributed by atoms with Gasteiger partial charge in [-0.15, -0.1) is 11.8 Å². The van der Waals surface area contributed by atoms with Crippen LogP contribution in [0.3, 0.4) is 0 Å². The molecule has 2 aromatic carbocycles. The van der Waals surface area contributed by atoms with Gasteiger partial charge in [0.15, 0.2) is 18.2 Å². The van der Waals surface area contributed by atoms with Crippen LogP contribution >= 0.6 is 23.4 Å². The lowest BCUT2D eigenvalue weighted by Crippen LogP contribution is -2.43. The summed E-state index contributed by atoms with van der Waals surface area (Å²) in [5, 5.41) is 0.655. The number of hydrazine groups is 1. The average molecular weight is 383 g/mol. The lowest BCUT2D eigenvalue weighted by molar-refractivity contribution is -0.129. The van der Waals surface area contributed by atoms with Crippen LogP contribution in [0.5, 0.6) is 5.75 Å². The lowest BCUT2D eigenvalue weighted by Gasteiger charge is -2.09. The molecule has 0 atom stereocenters. The number of amides is 2. The topological polar surface area (TPSA) is 67.4 Å². The zero-order valence-corrected chi connectivity index (χ0v) is 14.7. The van der Waals surface area contributed by atoms with Crippen molar-refractivity contribution in [2.75, 3.05) is 12.4 Å². The Hall–Kier alpha value is -2.25. The molecule has 0 aliphatic carbocycles. The molecule has 2 rings (SSSR count). The van der Waals surface area contributed by atoms with E-state index < -0.39 is 18.3 Å². The first-order chi connectivity index (χ1) is 12.0. The van der Waals surface area contributed by atoms with E-state index in [4.69, 9.17) is 16.3 Å². The fourth-order valence-electron chi connectivity index (χ4n) is 1.74. The Kier molecular flexibility index (Phi) is 7.56. The van der Waals surface area contributed by atoms with Crippen molar-refractivity contribution < 1.29 is 18.7 Å². The van der Waals surface area contributed by atoms with Gasteiger partial charge in [-0.2, -0.15) is 0 Å². The van der Waals surface area contributed by atoms with Gasteiger partial charge < -0.3 is 4.74 Å². The van der Waals surface area contributed by atoms with E-state index in [0.29, 0.717) is 10.8 Å². The van der Waals surface area contributed by atoms with Crippen LogP contribution in [0.25, 0.3) is 0 Å². The van der Waals surface area contributed by atoms with Gasteiger partial charge in [-0.3, -0.25) is 20.4 Å². The molecule has 0 saturated heterocycles. The summed E-state index contributed by atoms with van der Waals surface area (Å²) in [6, 6.07) is 13.0. The van der Waals surface area contributed by atoms with Crippen molar-refractivity contribution in [1.29, 1.82) is 0 Å². The van der Waals surface area contributed by atoms with Crippen LogP contribution in [0.15, 0.2) is 53.4 Å². The Labute approximate surface area is 153 Å². The minimum absolute atomic E-state index is 0.0247. The number of nitrogens with one attached hydrogen (secondary N) is 2. The van der Waals surface area contributed by atoms with Crippen molar-refractivity contribution in [3.05, 3.63) is 59.4 Å². The van der Waals surface area contributed by atoms with Crippen LogP contribution in [0.1, 0.15) is 6.42 Å². The van der Waals surface area contributed by atoms with E-state index in [1.165, 1.54) is 30.0 Å². The second-order valence-corrected chi connectivity index (χ2v) is 6.47. The van der Waals surface area contributed by atoms with Gasteiger partial charge in [0, 0.05) is 22.1 Å². The van der Waals surface area contributed by atoms with Crippen molar-refractivity contribution in [1.82, 2.24) is 10.9 Å². The van der Waals surface area contributed by atoms with Crippen molar-refractivity contribution >= 4 is 35.2 Å². The quantitative estimate of drug-likeness (QED) is 0.570. The number of thioether (sulfide) groups is 1. The first kappa shape index (κ1) is 19.1. The zero-order chi connectivity index (χ0) is 18.1. The minimum atomic E-state index is -0.582. The van der Waals surface area contributed by atoms with E-state index in [-0.39, 0.29) is 18.1 Å². The summed E-state index contributed by atoms with van der Waals surface area (Å²) in [6.45, 7) is -0.402. The molecule has 2 N–H and O–H groups in total. The monoisotopic (exact) mass is 382 g/mol. The summed E-state index contributed by atoms with van der Waals surface area (Å²) in [6.07, 6.45) is 0.224. The van der Waals surface area contributed by atoms with Crippen LogP contribution in [-0.4, -0.2) is 24.2 Å². The largest absolute Gasteiger partial charge is 0.481 e. The third-order valence-electron chi connectivity index (χ3n) is 2.95. The molecule has 0 aliphatic heterocycles. The van der Waals surface area contributed by atoms with Gasteiger partial charge in [0.1, 0.15) is 0 Å². The number of benzene rings is 2. The SMILES string of the molecule is O=C(CCSc1ccc(Cl)cc1)NNC(=O)COc1ccccc1F. The Bertz CT molecular complexity index is 728. The molecule has 0 radical (unpaired) electrons. The molecule has 0 spiro atoms.